The molecule has 0 aromatic carbocycles. The Labute approximate surface area is 73.9 Å². The van der Waals surface area contributed by atoms with Crippen LogP contribution < -0.4 is 11.1 Å². The molecule has 0 saturated heterocycles. The summed E-state index contributed by atoms with van der Waals surface area (Å²) in [5, 5.41) is 12.4. The minimum atomic E-state index is -0.784. The molecule has 4 N–H and O–H groups in total. The van der Waals surface area contributed by atoms with Crippen LogP contribution in [0.1, 0.15) is 27.7 Å². The Bertz CT molecular complexity index is 160. The van der Waals surface area contributed by atoms with Gasteiger partial charge in [0.2, 0.25) is 0 Å². The van der Waals surface area contributed by atoms with Crippen molar-refractivity contribution in [2.45, 2.75) is 39.3 Å². The molecule has 0 fully saturated rings. The number of nitrogens with zero attached hydrogens (tertiary/aromatic N) is 1. The van der Waals surface area contributed by atoms with Crippen molar-refractivity contribution in [1.82, 2.24) is 5.32 Å². The highest BCUT2D eigenvalue weighted by molar-refractivity contribution is 5.78. The van der Waals surface area contributed by atoms with Gasteiger partial charge >= 0.3 is 0 Å². The molecule has 0 spiro atoms. The monoisotopic (exact) mass is 173 g/mol. The highest BCUT2D eigenvalue weighted by Gasteiger charge is 2.22. The van der Waals surface area contributed by atoms with E-state index in [2.05, 4.69) is 10.3 Å². The van der Waals surface area contributed by atoms with Gasteiger partial charge in [-0.2, -0.15) is 0 Å². The predicted molar refractivity (Wildman–Crippen MR) is 51.1 cm³/mol. The zero-order chi connectivity index (χ0) is 9.78. The van der Waals surface area contributed by atoms with E-state index in [9.17, 15) is 5.11 Å². The number of nitrogens with two attached hydrogens (primary N) is 1. The number of rotatable bonds is 3. The summed E-state index contributed by atoms with van der Waals surface area (Å²) in [4.78, 5) is 3.95. The van der Waals surface area contributed by atoms with E-state index in [1.54, 1.807) is 13.8 Å². The molecule has 0 bridgehead atoms. The minimum Gasteiger partial charge on any atom is -0.388 e. The molecule has 0 saturated carbocycles. The number of guanidine groups is 1. The molecule has 0 aliphatic carbocycles. The van der Waals surface area contributed by atoms with Crippen molar-refractivity contribution in [2.75, 3.05) is 6.54 Å². The molecular weight excluding hydrogens is 154 g/mol. The van der Waals surface area contributed by atoms with Gasteiger partial charge < -0.3 is 16.2 Å². The summed E-state index contributed by atoms with van der Waals surface area (Å²) in [5.41, 5.74) is 4.73. The smallest absolute Gasteiger partial charge is 0.188 e. The second kappa shape index (κ2) is 4.30. The van der Waals surface area contributed by atoms with Gasteiger partial charge in [0.15, 0.2) is 5.96 Å². The molecule has 1 atom stereocenters. The van der Waals surface area contributed by atoms with Crippen molar-refractivity contribution in [3.63, 3.8) is 0 Å². The van der Waals surface area contributed by atoms with Crippen LogP contribution in [0.4, 0.5) is 0 Å². The minimum absolute atomic E-state index is 0.104. The molecule has 12 heavy (non-hydrogen) atoms. The number of aliphatic hydroxyl groups is 1. The fraction of sp³-hybridized carbons (Fsp3) is 0.875. The van der Waals surface area contributed by atoms with Crippen LogP contribution in [0.3, 0.4) is 0 Å². The molecule has 1 unspecified atom stereocenters. The normalized spacial score (nSPS) is 15.9. The number of nitrogens with one attached hydrogen (secondary N) is 1. The fourth-order valence-corrected chi connectivity index (χ4v) is 0.614. The Balaban J connectivity index is 4.01. The number of hydrogen-bond donors (Lipinski definition) is 3. The van der Waals surface area contributed by atoms with Gasteiger partial charge in [0, 0.05) is 6.54 Å². The first kappa shape index (κ1) is 11.2. The summed E-state index contributed by atoms with van der Waals surface area (Å²) in [6, 6.07) is -0.104. The van der Waals surface area contributed by atoms with E-state index in [-0.39, 0.29) is 6.04 Å². The van der Waals surface area contributed by atoms with Gasteiger partial charge in [-0.05, 0) is 27.7 Å². The van der Waals surface area contributed by atoms with Crippen LogP contribution >= 0.6 is 0 Å². The predicted octanol–water partition coefficient (Wildman–Crippen LogP) is 0.0700. The van der Waals surface area contributed by atoms with Gasteiger partial charge in [0.25, 0.3) is 0 Å². The molecule has 0 aliphatic heterocycles. The third-order valence-electron chi connectivity index (χ3n) is 1.75. The lowest BCUT2D eigenvalue weighted by molar-refractivity contribution is 0.0511. The van der Waals surface area contributed by atoms with E-state index in [0.717, 1.165) is 0 Å². The van der Waals surface area contributed by atoms with Crippen molar-refractivity contribution in [3.8, 4) is 0 Å². The molecule has 0 amide bonds. The number of hydrogen-bond acceptors (Lipinski definition) is 2. The van der Waals surface area contributed by atoms with Gasteiger partial charge in [0.1, 0.15) is 0 Å². The van der Waals surface area contributed by atoms with E-state index in [4.69, 9.17) is 5.73 Å². The molecule has 0 heterocycles. The van der Waals surface area contributed by atoms with Crippen molar-refractivity contribution >= 4 is 5.96 Å². The maximum Gasteiger partial charge on any atom is 0.188 e. The molecule has 4 nitrogen and oxygen atoms in total. The standard InChI is InChI=1S/C8H19N3O/c1-5-10-7(9)11-6(2)8(3,4)12/h6,12H,5H2,1-4H3,(H3,9,10,11). The summed E-state index contributed by atoms with van der Waals surface area (Å²) >= 11 is 0. The maximum atomic E-state index is 9.53. The zero-order valence-corrected chi connectivity index (χ0v) is 8.26. The van der Waals surface area contributed by atoms with Crippen LogP contribution in [-0.4, -0.2) is 29.3 Å². The first-order valence-corrected chi connectivity index (χ1v) is 4.16. The molecule has 0 aliphatic rings. The van der Waals surface area contributed by atoms with E-state index < -0.39 is 5.60 Å². The van der Waals surface area contributed by atoms with Gasteiger partial charge in [-0.3, -0.25) is 4.99 Å². The fourth-order valence-electron chi connectivity index (χ4n) is 0.614. The molecule has 4 heteroatoms. The zero-order valence-electron chi connectivity index (χ0n) is 8.26. The molecule has 0 aromatic rings. The lowest BCUT2D eigenvalue weighted by Gasteiger charge is -2.26. The summed E-state index contributed by atoms with van der Waals surface area (Å²) < 4.78 is 0. The summed E-state index contributed by atoms with van der Waals surface area (Å²) in [7, 11) is 0. The lowest BCUT2D eigenvalue weighted by Crippen LogP contribution is -2.49. The molecule has 72 valence electrons. The SMILES string of the molecule is CCN=C(N)NC(C)C(C)(C)O. The third kappa shape index (κ3) is 4.18. The quantitative estimate of drug-likeness (QED) is 0.418. The Morgan fingerprint density at radius 3 is 2.50 bits per heavy atom. The summed E-state index contributed by atoms with van der Waals surface area (Å²) in [5.74, 6) is 0.382. The molecule has 0 radical (unpaired) electrons. The van der Waals surface area contributed by atoms with Crippen LogP contribution in [0.15, 0.2) is 4.99 Å². The first-order valence-electron chi connectivity index (χ1n) is 4.16. The molecule has 0 aromatic heterocycles. The third-order valence-corrected chi connectivity index (χ3v) is 1.75. The van der Waals surface area contributed by atoms with Crippen molar-refractivity contribution in [3.05, 3.63) is 0 Å². The second-order valence-electron chi connectivity index (χ2n) is 3.38. The van der Waals surface area contributed by atoms with E-state index in [1.165, 1.54) is 0 Å². The largest absolute Gasteiger partial charge is 0.388 e. The number of aliphatic imine (C=N–C) groups is 1. The van der Waals surface area contributed by atoms with Crippen LogP contribution in [0, 0.1) is 0 Å². The Morgan fingerprint density at radius 1 is 1.67 bits per heavy atom. The topological polar surface area (TPSA) is 70.6 Å². The van der Waals surface area contributed by atoms with Crippen molar-refractivity contribution in [2.24, 2.45) is 10.7 Å². The first-order chi connectivity index (χ1) is 5.38. The summed E-state index contributed by atoms with van der Waals surface area (Å²) in [6.07, 6.45) is 0. The Kier molecular flexibility index (Phi) is 4.03. The van der Waals surface area contributed by atoms with Gasteiger partial charge in [-0.1, -0.05) is 0 Å². The second-order valence-corrected chi connectivity index (χ2v) is 3.38. The van der Waals surface area contributed by atoms with Crippen molar-refractivity contribution in [1.29, 1.82) is 0 Å². The van der Waals surface area contributed by atoms with Crippen LogP contribution in [0.2, 0.25) is 0 Å². The van der Waals surface area contributed by atoms with Crippen LogP contribution in [0.5, 0.6) is 0 Å². The van der Waals surface area contributed by atoms with E-state index in [0.29, 0.717) is 12.5 Å². The Hall–Kier alpha value is -0.770. The van der Waals surface area contributed by atoms with Crippen molar-refractivity contribution < 1.29 is 5.11 Å². The average Bonchev–Trinajstić information content (AvgIpc) is 1.85. The van der Waals surface area contributed by atoms with E-state index >= 15 is 0 Å². The lowest BCUT2D eigenvalue weighted by atomic mass is 10.0. The highest BCUT2D eigenvalue weighted by atomic mass is 16.3. The summed E-state index contributed by atoms with van der Waals surface area (Å²) in [6.45, 7) is 7.87. The van der Waals surface area contributed by atoms with Gasteiger partial charge in [-0.25, -0.2) is 0 Å². The van der Waals surface area contributed by atoms with Crippen LogP contribution in [-0.2, 0) is 0 Å². The van der Waals surface area contributed by atoms with E-state index in [1.807, 2.05) is 13.8 Å². The molecular formula is C8H19N3O. The average molecular weight is 173 g/mol. The molecule has 0 rings (SSSR count). The van der Waals surface area contributed by atoms with Crippen LogP contribution in [0.25, 0.3) is 0 Å². The van der Waals surface area contributed by atoms with Gasteiger partial charge in [0.05, 0.1) is 11.6 Å². The Morgan fingerprint density at radius 2 is 2.17 bits per heavy atom. The highest BCUT2D eigenvalue weighted by Crippen LogP contribution is 2.06. The maximum absolute atomic E-state index is 9.53. The van der Waals surface area contributed by atoms with Gasteiger partial charge in [-0.15, -0.1) is 0 Å².